The molecule has 1 aliphatic rings. The van der Waals surface area contributed by atoms with Crippen LogP contribution in [-0.4, -0.2) is 19.3 Å². The van der Waals surface area contributed by atoms with E-state index in [1.54, 1.807) is 0 Å². The number of rotatable bonds is 2. The second-order valence-corrected chi connectivity index (χ2v) is 8.48. The van der Waals surface area contributed by atoms with E-state index in [4.69, 9.17) is 33.8 Å². The Morgan fingerprint density at radius 1 is 0.839 bits per heavy atom. The average Bonchev–Trinajstić information content (AvgIpc) is 3.41. The minimum Gasteiger partial charge on any atom is -0.437 e. The smallest absolute Gasteiger partial charge is 0.245 e. The zero-order chi connectivity index (χ0) is 21.1. The van der Waals surface area contributed by atoms with Crippen LogP contribution in [0.2, 0.25) is 0 Å². The summed E-state index contributed by atoms with van der Waals surface area (Å²) in [7, 11) is 2.00. The molecule has 0 saturated heterocycles. The molecule has 3 aromatic carbocycles. The van der Waals surface area contributed by atoms with Crippen molar-refractivity contribution in [3.8, 4) is 11.4 Å². The van der Waals surface area contributed by atoms with E-state index in [-0.39, 0.29) is 0 Å². The van der Waals surface area contributed by atoms with Crippen molar-refractivity contribution in [3.63, 3.8) is 0 Å². The molecule has 0 fully saturated rings. The molecule has 0 saturated carbocycles. The van der Waals surface area contributed by atoms with Gasteiger partial charge in [0.05, 0.1) is 9.73 Å². The van der Waals surface area contributed by atoms with E-state index in [1.165, 1.54) is 0 Å². The van der Waals surface area contributed by atoms with Crippen molar-refractivity contribution in [3.05, 3.63) is 95.3 Å². The fourth-order valence-electron chi connectivity index (χ4n) is 4.19. The Kier molecular flexibility index (Phi) is 4.03. The number of hydrogen-bond donors (Lipinski definition) is 0. The number of fused-ring (bicyclic) bond motifs is 3. The summed E-state index contributed by atoms with van der Waals surface area (Å²) in [5, 5.41) is 2.32. The molecule has 5 heteroatoms. The van der Waals surface area contributed by atoms with Gasteiger partial charge in [0.15, 0.2) is 0 Å². The average molecular weight is 437 g/mol. The van der Waals surface area contributed by atoms with Crippen molar-refractivity contribution in [1.29, 1.82) is 0 Å². The maximum absolute atomic E-state index is 6.06. The Labute approximate surface area is 189 Å². The number of furan rings is 1. The molecule has 0 N–H and O–H groups in total. The molecule has 0 atom stereocenters. The van der Waals surface area contributed by atoms with Crippen LogP contribution in [0.25, 0.3) is 39.5 Å². The summed E-state index contributed by atoms with van der Waals surface area (Å²) < 4.78 is 8.10. The predicted molar refractivity (Wildman–Crippen MR) is 134 cm³/mol. The Bertz CT molecular complexity index is 1520. The van der Waals surface area contributed by atoms with E-state index in [0.29, 0.717) is 11.5 Å². The summed E-state index contributed by atoms with van der Waals surface area (Å²) in [5.41, 5.74) is 5.49. The van der Waals surface area contributed by atoms with Crippen LogP contribution in [0.15, 0.2) is 82.8 Å². The van der Waals surface area contributed by atoms with Gasteiger partial charge in [0.25, 0.3) is 0 Å². The van der Waals surface area contributed by atoms with Gasteiger partial charge in [0.2, 0.25) is 5.71 Å². The number of imidazole rings is 1. The molecule has 5 aromatic rings. The Morgan fingerprint density at radius 3 is 2.06 bits per heavy atom. The molecule has 1 aliphatic carbocycles. The van der Waals surface area contributed by atoms with Crippen LogP contribution in [0.4, 0.5) is 0 Å². The summed E-state index contributed by atoms with van der Waals surface area (Å²) >= 11 is 11.6. The maximum atomic E-state index is 6.06. The molecular formula is C26H16N2OS2. The van der Waals surface area contributed by atoms with Crippen molar-refractivity contribution >= 4 is 62.2 Å². The molecule has 0 amide bonds. The number of hydrogen-bond acceptors (Lipinski definition) is 4. The largest absolute Gasteiger partial charge is 0.437 e. The molecular weight excluding hydrogens is 420 g/mol. The zero-order valence-electron chi connectivity index (χ0n) is 16.6. The van der Waals surface area contributed by atoms with Gasteiger partial charge in [-0.25, -0.2) is 0 Å². The minimum absolute atomic E-state index is 0.603. The molecule has 148 valence electrons. The van der Waals surface area contributed by atoms with Gasteiger partial charge in [-0.2, -0.15) is 4.98 Å². The number of aryl methyl sites for hydroxylation is 1. The second-order valence-electron chi connectivity index (χ2n) is 7.66. The minimum atomic E-state index is 0.603. The highest BCUT2D eigenvalue weighted by atomic mass is 32.1. The van der Waals surface area contributed by atoms with E-state index >= 15 is 0 Å². The van der Waals surface area contributed by atoms with Crippen LogP contribution in [0.5, 0.6) is 0 Å². The fraction of sp³-hybridized carbons (Fsp3) is 0.0385. The third-order valence-corrected chi connectivity index (χ3v) is 6.66. The number of allylic oxidation sites excluding steroid dienone is 1. The van der Waals surface area contributed by atoms with Crippen molar-refractivity contribution < 1.29 is 4.42 Å². The van der Waals surface area contributed by atoms with E-state index in [2.05, 4.69) is 24.3 Å². The third-order valence-electron chi connectivity index (χ3n) is 5.78. The SMILES string of the molecule is Cn1c(-c2ccccc2)nc2oc(C=C3C(=S)c4cc5ccccc5cc4C3=S)cc21. The first-order valence-corrected chi connectivity index (χ1v) is 10.8. The quantitative estimate of drug-likeness (QED) is 0.233. The van der Waals surface area contributed by atoms with Crippen LogP contribution >= 0.6 is 24.4 Å². The summed E-state index contributed by atoms with van der Waals surface area (Å²) in [4.78, 5) is 6.23. The fourth-order valence-corrected chi connectivity index (χ4v) is 4.92. The van der Waals surface area contributed by atoms with Crippen LogP contribution < -0.4 is 0 Å². The van der Waals surface area contributed by atoms with Gasteiger partial charge in [-0.05, 0) is 29.0 Å². The number of benzene rings is 3. The van der Waals surface area contributed by atoms with Gasteiger partial charge in [-0.15, -0.1) is 0 Å². The van der Waals surface area contributed by atoms with E-state index in [1.807, 2.05) is 66.2 Å². The van der Waals surface area contributed by atoms with Gasteiger partial charge >= 0.3 is 0 Å². The van der Waals surface area contributed by atoms with Crippen molar-refractivity contribution in [2.75, 3.05) is 0 Å². The highest BCUT2D eigenvalue weighted by Crippen LogP contribution is 2.34. The van der Waals surface area contributed by atoms with E-state index < -0.39 is 0 Å². The van der Waals surface area contributed by atoms with Crippen molar-refractivity contribution in [1.82, 2.24) is 9.55 Å². The van der Waals surface area contributed by atoms with E-state index in [9.17, 15) is 0 Å². The number of aromatic nitrogens is 2. The molecule has 3 nitrogen and oxygen atoms in total. The zero-order valence-corrected chi connectivity index (χ0v) is 18.3. The summed E-state index contributed by atoms with van der Waals surface area (Å²) in [6.45, 7) is 0. The Morgan fingerprint density at radius 2 is 1.45 bits per heavy atom. The summed E-state index contributed by atoms with van der Waals surface area (Å²) in [5.74, 6) is 1.57. The highest BCUT2D eigenvalue weighted by Gasteiger charge is 2.28. The molecule has 0 spiro atoms. The molecule has 2 heterocycles. The standard InChI is InChI=1S/C26H16N2OS2/c1-28-22-14-18(29-26(22)27-25(28)15-7-3-2-4-8-15)13-21-23(30)19-11-16-9-5-6-10-17(16)12-20(19)24(21)31/h2-14H,1H3. The van der Waals surface area contributed by atoms with Crippen LogP contribution in [0.1, 0.15) is 16.9 Å². The lowest BCUT2D eigenvalue weighted by molar-refractivity contribution is 0.593. The van der Waals surface area contributed by atoms with Gasteiger partial charge in [0.1, 0.15) is 17.1 Å². The third kappa shape index (κ3) is 2.81. The van der Waals surface area contributed by atoms with Crippen LogP contribution in [0, 0.1) is 0 Å². The first-order chi connectivity index (χ1) is 15.1. The van der Waals surface area contributed by atoms with Gasteiger partial charge in [-0.3, -0.25) is 0 Å². The van der Waals surface area contributed by atoms with Gasteiger partial charge < -0.3 is 8.98 Å². The highest BCUT2D eigenvalue weighted by molar-refractivity contribution is 7.84. The summed E-state index contributed by atoms with van der Waals surface area (Å²) in [6, 6.07) is 24.6. The van der Waals surface area contributed by atoms with Crippen LogP contribution in [0.3, 0.4) is 0 Å². The first-order valence-electron chi connectivity index (χ1n) is 9.96. The monoisotopic (exact) mass is 436 g/mol. The molecule has 0 radical (unpaired) electrons. The number of thiocarbonyl (C=S) groups is 2. The molecule has 6 rings (SSSR count). The molecule has 31 heavy (non-hydrogen) atoms. The Hall–Kier alpha value is -3.41. The van der Waals surface area contributed by atoms with E-state index in [0.717, 1.165) is 54.1 Å². The van der Waals surface area contributed by atoms with Gasteiger partial charge in [-0.1, -0.05) is 79.0 Å². The normalized spacial score (nSPS) is 13.4. The lowest BCUT2D eigenvalue weighted by Gasteiger charge is -2.02. The van der Waals surface area contributed by atoms with Gasteiger partial charge in [0, 0.05) is 35.4 Å². The van der Waals surface area contributed by atoms with Crippen molar-refractivity contribution in [2.45, 2.75) is 0 Å². The molecule has 0 aliphatic heterocycles. The Balaban J connectivity index is 1.42. The number of nitrogens with zero attached hydrogens (tertiary/aromatic N) is 2. The molecule has 0 bridgehead atoms. The predicted octanol–water partition coefficient (Wildman–Crippen LogP) is 6.52. The molecule has 2 aromatic heterocycles. The topological polar surface area (TPSA) is 31.0 Å². The van der Waals surface area contributed by atoms with Crippen molar-refractivity contribution in [2.24, 2.45) is 7.05 Å². The lowest BCUT2D eigenvalue weighted by Crippen LogP contribution is -1.97. The van der Waals surface area contributed by atoms with Crippen LogP contribution in [-0.2, 0) is 7.05 Å². The maximum Gasteiger partial charge on any atom is 0.245 e. The lowest BCUT2D eigenvalue weighted by atomic mass is 10.0. The summed E-state index contributed by atoms with van der Waals surface area (Å²) in [6.07, 6.45) is 1.94. The second kappa shape index (κ2) is 6.80. The first kappa shape index (κ1) is 18.4. The molecule has 0 unspecified atom stereocenters.